The molecule has 0 radical (unpaired) electrons. The molecule has 7 heteroatoms. The van der Waals surface area contributed by atoms with Gasteiger partial charge in [-0.15, -0.1) is 0 Å². The Labute approximate surface area is 137 Å². The number of anilines is 2. The second-order valence-electron chi connectivity index (χ2n) is 5.29. The van der Waals surface area contributed by atoms with Crippen LogP contribution in [0.4, 0.5) is 11.1 Å². The number of fused-ring (bicyclic) bond motifs is 1. The first-order valence-electron chi connectivity index (χ1n) is 7.42. The van der Waals surface area contributed by atoms with E-state index in [4.69, 9.17) is 10.2 Å². The van der Waals surface area contributed by atoms with E-state index in [-0.39, 0.29) is 0 Å². The SMILES string of the molecule is N#Cc1ccnc(N2CCN(c3nc4ccccc4s3)CC2)n1. The number of piperazine rings is 1. The van der Waals surface area contributed by atoms with Crippen molar-refractivity contribution in [2.75, 3.05) is 36.0 Å². The Kier molecular flexibility index (Phi) is 3.52. The van der Waals surface area contributed by atoms with Crippen molar-refractivity contribution in [2.24, 2.45) is 0 Å². The molecule has 1 aliphatic rings. The van der Waals surface area contributed by atoms with Crippen LogP contribution in [0.2, 0.25) is 0 Å². The molecule has 2 aromatic heterocycles. The number of hydrogen-bond donors (Lipinski definition) is 0. The third-order valence-corrected chi connectivity index (χ3v) is 4.97. The quantitative estimate of drug-likeness (QED) is 0.721. The largest absolute Gasteiger partial charge is 0.345 e. The number of nitrogens with zero attached hydrogens (tertiary/aromatic N) is 6. The highest BCUT2D eigenvalue weighted by atomic mass is 32.1. The van der Waals surface area contributed by atoms with E-state index in [9.17, 15) is 0 Å². The van der Waals surface area contributed by atoms with Crippen LogP contribution in [0.5, 0.6) is 0 Å². The van der Waals surface area contributed by atoms with Gasteiger partial charge in [0.25, 0.3) is 0 Å². The van der Waals surface area contributed by atoms with Crippen LogP contribution in [0.15, 0.2) is 36.5 Å². The Morgan fingerprint density at radius 3 is 2.57 bits per heavy atom. The second-order valence-corrected chi connectivity index (χ2v) is 6.30. The Hall–Kier alpha value is -2.72. The lowest BCUT2D eigenvalue weighted by atomic mass is 10.3. The van der Waals surface area contributed by atoms with Crippen molar-refractivity contribution in [1.29, 1.82) is 5.26 Å². The zero-order valence-electron chi connectivity index (χ0n) is 12.4. The van der Waals surface area contributed by atoms with Gasteiger partial charge in [-0.25, -0.2) is 15.0 Å². The minimum atomic E-state index is 0.406. The van der Waals surface area contributed by atoms with E-state index in [0.29, 0.717) is 11.6 Å². The number of hydrogen-bond acceptors (Lipinski definition) is 7. The molecule has 0 bridgehead atoms. The Morgan fingerprint density at radius 2 is 1.78 bits per heavy atom. The van der Waals surface area contributed by atoms with E-state index >= 15 is 0 Å². The lowest BCUT2D eigenvalue weighted by Crippen LogP contribution is -2.47. The summed E-state index contributed by atoms with van der Waals surface area (Å²) in [5.74, 6) is 0.632. The highest BCUT2D eigenvalue weighted by molar-refractivity contribution is 7.22. The molecule has 0 N–H and O–H groups in total. The van der Waals surface area contributed by atoms with Crippen molar-refractivity contribution in [2.45, 2.75) is 0 Å². The molecule has 0 spiro atoms. The number of nitriles is 1. The van der Waals surface area contributed by atoms with Gasteiger partial charge in [0, 0.05) is 32.4 Å². The van der Waals surface area contributed by atoms with Gasteiger partial charge in [-0.3, -0.25) is 0 Å². The van der Waals surface area contributed by atoms with E-state index in [1.165, 1.54) is 4.70 Å². The fourth-order valence-electron chi connectivity index (χ4n) is 2.66. The average Bonchev–Trinajstić information content (AvgIpc) is 3.06. The molecule has 3 aromatic rings. The minimum Gasteiger partial charge on any atom is -0.345 e. The van der Waals surface area contributed by atoms with Gasteiger partial charge in [-0.1, -0.05) is 23.5 Å². The summed E-state index contributed by atoms with van der Waals surface area (Å²) in [6, 6.07) is 11.9. The van der Waals surface area contributed by atoms with Gasteiger partial charge in [0.05, 0.1) is 10.2 Å². The molecule has 0 atom stereocenters. The van der Waals surface area contributed by atoms with Gasteiger partial charge in [0.2, 0.25) is 5.95 Å². The smallest absolute Gasteiger partial charge is 0.226 e. The summed E-state index contributed by atoms with van der Waals surface area (Å²) in [5.41, 5.74) is 1.46. The molecule has 6 nitrogen and oxygen atoms in total. The Bertz CT molecular complexity index is 842. The fraction of sp³-hybridized carbons (Fsp3) is 0.250. The summed E-state index contributed by atoms with van der Waals surface area (Å²) in [7, 11) is 0. The highest BCUT2D eigenvalue weighted by Gasteiger charge is 2.21. The monoisotopic (exact) mass is 322 g/mol. The standard InChI is InChI=1S/C16H14N6S/c17-11-12-5-6-18-15(19-12)21-7-9-22(10-8-21)16-20-13-3-1-2-4-14(13)23-16/h1-6H,7-10H2. The predicted molar refractivity (Wildman–Crippen MR) is 90.8 cm³/mol. The summed E-state index contributed by atoms with van der Waals surface area (Å²) >= 11 is 1.73. The average molecular weight is 322 g/mol. The topological polar surface area (TPSA) is 68.9 Å². The van der Waals surface area contributed by atoms with Crippen molar-refractivity contribution >= 4 is 32.6 Å². The van der Waals surface area contributed by atoms with Crippen LogP contribution in [-0.2, 0) is 0 Å². The third kappa shape index (κ3) is 2.69. The molecule has 0 saturated carbocycles. The van der Waals surface area contributed by atoms with Crippen LogP contribution >= 0.6 is 11.3 Å². The van der Waals surface area contributed by atoms with Crippen molar-refractivity contribution in [3.05, 3.63) is 42.2 Å². The first-order valence-corrected chi connectivity index (χ1v) is 8.24. The van der Waals surface area contributed by atoms with Gasteiger partial charge in [-0.2, -0.15) is 5.26 Å². The van der Waals surface area contributed by atoms with Crippen LogP contribution in [0.1, 0.15) is 5.69 Å². The lowest BCUT2D eigenvalue weighted by Gasteiger charge is -2.34. The van der Waals surface area contributed by atoms with Gasteiger partial charge in [0.1, 0.15) is 11.8 Å². The molecule has 23 heavy (non-hydrogen) atoms. The van der Waals surface area contributed by atoms with E-state index in [2.05, 4.69) is 31.9 Å². The number of rotatable bonds is 2. The summed E-state index contributed by atoms with van der Waals surface area (Å²) in [6.45, 7) is 3.40. The predicted octanol–water partition coefficient (Wildman–Crippen LogP) is 2.28. The fourth-order valence-corrected chi connectivity index (χ4v) is 3.67. The molecule has 0 aliphatic carbocycles. The molecule has 3 heterocycles. The summed E-state index contributed by atoms with van der Waals surface area (Å²) < 4.78 is 1.22. The van der Waals surface area contributed by atoms with Crippen LogP contribution in [0.3, 0.4) is 0 Å². The molecule has 1 fully saturated rings. The van der Waals surface area contributed by atoms with Gasteiger partial charge in [0.15, 0.2) is 5.13 Å². The first-order chi connectivity index (χ1) is 11.3. The van der Waals surface area contributed by atoms with Crippen molar-refractivity contribution in [1.82, 2.24) is 15.0 Å². The normalized spacial score (nSPS) is 14.9. The summed E-state index contributed by atoms with van der Waals surface area (Å²) in [4.78, 5) is 17.7. The van der Waals surface area contributed by atoms with Gasteiger partial charge in [-0.05, 0) is 18.2 Å². The van der Waals surface area contributed by atoms with Crippen LogP contribution in [-0.4, -0.2) is 41.1 Å². The summed E-state index contributed by atoms with van der Waals surface area (Å²) in [6.07, 6.45) is 1.64. The van der Waals surface area contributed by atoms with Gasteiger partial charge < -0.3 is 9.80 Å². The third-order valence-electron chi connectivity index (χ3n) is 3.87. The minimum absolute atomic E-state index is 0.406. The number of thiazole rings is 1. The molecule has 114 valence electrons. The molecule has 0 amide bonds. The molecule has 0 unspecified atom stereocenters. The zero-order chi connectivity index (χ0) is 15.6. The molecule has 4 rings (SSSR count). The maximum absolute atomic E-state index is 8.95. The Balaban J connectivity index is 1.49. The van der Waals surface area contributed by atoms with Crippen LogP contribution in [0.25, 0.3) is 10.2 Å². The molecule has 1 aliphatic heterocycles. The Morgan fingerprint density at radius 1 is 1.00 bits per heavy atom. The van der Waals surface area contributed by atoms with E-state index in [1.807, 2.05) is 18.2 Å². The molecular formula is C16H14N6S. The van der Waals surface area contributed by atoms with E-state index in [0.717, 1.165) is 36.8 Å². The number of aromatic nitrogens is 3. The van der Waals surface area contributed by atoms with Crippen LogP contribution < -0.4 is 9.80 Å². The maximum atomic E-state index is 8.95. The van der Waals surface area contributed by atoms with E-state index in [1.54, 1.807) is 23.6 Å². The summed E-state index contributed by atoms with van der Waals surface area (Å²) in [5, 5.41) is 10.0. The van der Waals surface area contributed by atoms with Gasteiger partial charge >= 0.3 is 0 Å². The zero-order valence-corrected chi connectivity index (χ0v) is 13.2. The first kappa shape index (κ1) is 13.9. The number of benzene rings is 1. The van der Waals surface area contributed by atoms with E-state index < -0.39 is 0 Å². The maximum Gasteiger partial charge on any atom is 0.226 e. The van der Waals surface area contributed by atoms with Crippen LogP contribution in [0, 0.1) is 11.3 Å². The number of para-hydroxylation sites is 1. The van der Waals surface area contributed by atoms with Crippen molar-refractivity contribution in [3.8, 4) is 6.07 Å². The van der Waals surface area contributed by atoms with Crippen molar-refractivity contribution in [3.63, 3.8) is 0 Å². The van der Waals surface area contributed by atoms with Crippen molar-refractivity contribution < 1.29 is 0 Å². The highest BCUT2D eigenvalue weighted by Crippen LogP contribution is 2.29. The molecular weight excluding hydrogens is 308 g/mol. The molecule has 1 saturated heterocycles. The second kappa shape index (κ2) is 5.82. The molecule has 1 aromatic carbocycles. The lowest BCUT2D eigenvalue weighted by molar-refractivity contribution is 0.639.